The van der Waals surface area contributed by atoms with Crippen LogP contribution in [0, 0.1) is 6.92 Å². The van der Waals surface area contributed by atoms with Crippen LogP contribution in [0.15, 0.2) is 33.7 Å². The Balaban J connectivity index is 1.70. The minimum absolute atomic E-state index is 0.0996. The summed E-state index contributed by atoms with van der Waals surface area (Å²) in [7, 11) is 0. The molecule has 3 rings (SSSR count). The molecule has 6 nitrogen and oxygen atoms in total. The molecule has 1 saturated heterocycles. The fourth-order valence-electron chi connectivity index (χ4n) is 2.79. The molecule has 1 aliphatic rings. The van der Waals surface area contributed by atoms with Crippen LogP contribution >= 0.6 is 11.3 Å². The molecule has 1 fully saturated rings. The lowest BCUT2D eigenvalue weighted by molar-refractivity contribution is -0.133. The summed E-state index contributed by atoms with van der Waals surface area (Å²) in [4.78, 5) is 27.8. The van der Waals surface area contributed by atoms with Gasteiger partial charge in [-0.25, -0.2) is 0 Å². The van der Waals surface area contributed by atoms with E-state index in [0.29, 0.717) is 30.1 Å². The maximum Gasteiger partial charge on any atom is 0.250 e. The summed E-state index contributed by atoms with van der Waals surface area (Å²) in [6.07, 6.45) is 3.33. The molecule has 2 aromatic rings. The maximum atomic E-state index is 12.7. The highest BCUT2D eigenvalue weighted by Crippen LogP contribution is 2.23. The van der Waals surface area contributed by atoms with E-state index in [2.05, 4.69) is 10.5 Å². The van der Waals surface area contributed by atoms with Gasteiger partial charge >= 0.3 is 0 Å². The van der Waals surface area contributed by atoms with Gasteiger partial charge in [0.25, 0.3) is 0 Å². The first-order valence-corrected chi connectivity index (χ1v) is 8.69. The molecule has 0 unspecified atom stereocenters. The van der Waals surface area contributed by atoms with Crippen molar-refractivity contribution in [1.82, 2.24) is 10.1 Å². The quantitative estimate of drug-likeness (QED) is 0.864. The SMILES string of the molecule is C/C(=C\c1cccs1)C(=O)N1CCC[C@@H]1C(=O)Nc1cc(C)on1. The van der Waals surface area contributed by atoms with Crippen molar-refractivity contribution in [3.8, 4) is 0 Å². The van der Waals surface area contributed by atoms with Gasteiger partial charge in [0, 0.05) is 23.1 Å². The van der Waals surface area contributed by atoms with Crippen molar-refractivity contribution >= 4 is 35.0 Å². The molecule has 2 aromatic heterocycles. The number of hydrogen-bond acceptors (Lipinski definition) is 5. The predicted molar refractivity (Wildman–Crippen MR) is 92.6 cm³/mol. The molecule has 1 N–H and O–H groups in total. The Bertz CT molecular complexity index is 764. The summed E-state index contributed by atoms with van der Waals surface area (Å²) in [5, 5.41) is 8.45. The van der Waals surface area contributed by atoms with E-state index in [1.54, 1.807) is 36.2 Å². The molecule has 24 heavy (non-hydrogen) atoms. The van der Waals surface area contributed by atoms with Crippen LogP contribution in [0.25, 0.3) is 6.08 Å². The molecular weight excluding hydrogens is 326 g/mol. The van der Waals surface area contributed by atoms with Gasteiger partial charge in [-0.1, -0.05) is 11.2 Å². The Morgan fingerprint density at radius 2 is 2.33 bits per heavy atom. The predicted octanol–water partition coefficient (Wildman–Crippen LogP) is 3.08. The van der Waals surface area contributed by atoms with Gasteiger partial charge in [0.15, 0.2) is 5.82 Å². The second-order valence-corrected chi connectivity index (χ2v) is 6.79. The van der Waals surface area contributed by atoms with Gasteiger partial charge in [-0.3, -0.25) is 9.59 Å². The highest BCUT2D eigenvalue weighted by Gasteiger charge is 2.34. The Labute approximate surface area is 144 Å². The Morgan fingerprint density at radius 1 is 1.50 bits per heavy atom. The fraction of sp³-hybridized carbons (Fsp3) is 0.353. The molecule has 126 valence electrons. The largest absolute Gasteiger partial charge is 0.360 e. The third-order valence-electron chi connectivity index (χ3n) is 3.93. The smallest absolute Gasteiger partial charge is 0.250 e. The lowest BCUT2D eigenvalue weighted by atomic mass is 10.1. The third-order valence-corrected chi connectivity index (χ3v) is 4.75. The number of nitrogens with zero attached hydrogens (tertiary/aromatic N) is 2. The minimum Gasteiger partial charge on any atom is -0.360 e. The summed E-state index contributed by atoms with van der Waals surface area (Å²) >= 11 is 1.58. The van der Waals surface area contributed by atoms with Gasteiger partial charge in [-0.15, -0.1) is 11.3 Å². The number of carbonyl (C=O) groups excluding carboxylic acids is 2. The van der Waals surface area contributed by atoms with E-state index in [0.717, 1.165) is 11.3 Å². The van der Waals surface area contributed by atoms with Crippen LogP contribution in [0.3, 0.4) is 0 Å². The molecule has 2 amide bonds. The molecule has 0 spiro atoms. The van der Waals surface area contributed by atoms with Gasteiger partial charge in [0.1, 0.15) is 11.8 Å². The normalized spacial score (nSPS) is 18.0. The van der Waals surface area contributed by atoms with Crippen LogP contribution in [-0.4, -0.2) is 34.5 Å². The van der Waals surface area contributed by atoms with E-state index in [1.165, 1.54) is 0 Å². The standard InChI is InChI=1S/C17H19N3O3S/c1-11(9-13-5-4-8-24-13)17(22)20-7-3-6-14(20)16(21)18-15-10-12(2)23-19-15/h4-5,8-10,14H,3,6-7H2,1-2H3,(H,18,19,21)/b11-9+/t14-/m1/s1. The molecule has 0 aliphatic carbocycles. The van der Waals surface area contributed by atoms with Gasteiger partial charge in [-0.2, -0.15) is 0 Å². The lowest BCUT2D eigenvalue weighted by Gasteiger charge is -2.23. The average molecular weight is 345 g/mol. The zero-order chi connectivity index (χ0) is 17.1. The number of anilines is 1. The first-order valence-electron chi connectivity index (χ1n) is 7.81. The summed E-state index contributed by atoms with van der Waals surface area (Å²) in [6.45, 7) is 4.13. The number of hydrogen-bond donors (Lipinski definition) is 1. The Kier molecular flexibility index (Phi) is 4.80. The summed E-state index contributed by atoms with van der Waals surface area (Å²) < 4.78 is 4.95. The van der Waals surface area contributed by atoms with E-state index in [1.807, 2.05) is 23.6 Å². The van der Waals surface area contributed by atoms with Gasteiger partial charge in [0.2, 0.25) is 11.8 Å². The van der Waals surface area contributed by atoms with E-state index >= 15 is 0 Å². The van der Waals surface area contributed by atoms with Crippen LogP contribution in [0.4, 0.5) is 5.82 Å². The molecule has 0 saturated carbocycles. The number of rotatable bonds is 4. The number of amides is 2. The molecular formula is C17H19N3O3S. The zero-order valence-electron chi connectivity index (χ0n) is 13.6. The number of aromatic nitrogens is 1. The maximum absolute atomic E-state index is 12.7. The second-order valence-electron chi connectivity index (χ2n) is 5.81. The molecule has 3 heterocycles. The van der Waals surface area contributed by atoms with Crippen LogP contribution < -0.4 is 5.32 Å². The van der Waals surface area contributed by atoms with Crippen LogP contribution in [0.2, 0.25) is 0 Å². The van der Waals surface area contributed by atoms with Crippen LogP contribution in [0.5, 0.6) is 0 Å². The minimum atomic E-state index is -0.471. The Morgan fingerprint density at radius 3 is 3.00 bits per heavy atom. The van der Waals surface area contributed by atoms with E-state index < -0.39 is 6.04 Å². The molecule has 1 atom stereocenters. The topological polar surface area (TPSA) is 75.4 Å². The summed E-state index contributed by atoms with van der Waals surface area (Å²) in [6, 6.07) is 5.09. The van der Waals surface area contributed by atoms with Crippen LogP contribution in [0.1, 0.15) is 30.4 Å². The zero-order valence-corrected chi connectivity index (χ0v) is 14.4. The summed E-state index contributed by atoms with van der Waals surface area (Å²) in [5.41, 5.74) is 0.634. The second kappa shape index (κ2) is 7.00. The average Bonchev–Trinajstić information content (AvgIpc) is 3.28. The first kappa shape index (κ1) is 16.4. The van der Waals surface area contributed by atoms with E-state index in [-0.39, 0.29) is 11.8 Å². The van der Waals surface area contributed by atoms with Gasteiger partial charge < -0.3 is 14.7 Å². The highest BCUT2D eigenvalue weighted by atomic mass is 32.1. The molecule has 0 radical (unpaired) electrons. The lowest BCUT2D eigenvalue weighted by Crippen LogP contribution is -2.43. The number of thiophene rings is 1. The van der Waals surface area contributed by atoms with Crippen molar-refractivity contribution in [2.45, 2.75) is 32.7 Å². The molecule has 7 heteroatoms. The molecule has 0 aromatic carbocycles. The van der Waals surface area contributed by atoms with E-state index in [9.17, 15) is 9.59 Å². The van der Waals surface area contributed by atoms with Crippen molar-refractivity contribution in [3.05, 3.63) is 39.8 Å². The van der Waals surface area contributed by atoms with Gasteiger partial charge in [-0.05, 0) is 44.2 Å². The monoisotopic (exact) mass is 345 g/mol. The Hall–Kier alpha value is -2.41. The highest BCUT2D eigenvalue weighted by molar-refractivity contribution is 7.10. The summed E-state index contributed by atoms with van der Waals surface area (Å²) in [5.74, 6) is 0.678. The number of carbonyl (C=O) groups is 2. The molecule has 1 aliphatic heterocycles. The van der Waals surface area contributed by atoms with Gasteiger partial charge in [0.05, 0.1) is 0 Å². The van der Waals surface area contributed by atoms with E-state index in [4.69, 9.17) is 4.52 Å². The fourth-order valence-corrected chi connectivity index (χ4v) is 3.51. The molecule has 0 bridgehead atoms. The first-order chi connectivity index (χ1) is 11.5. The van der Waals surface area contributed by atoms with Crippen molar-refractivity contribution in [2.75, 3.05) is 11.9 Å². The third kappa shape index (κ3) is 3.56. The van der Waals surface area contributed by atoms with Crippen LogP contribution in [-0.2, 0) is 9.59 Å². The van der Waals surface area contributed by atoms with Crippen molar-refractivity contribution in [1.29, 1.82) is 0 Å². The van der Waals surface area contributed by atoms with Crippen molar-refractivity contribution in [3.63, 3.8) is 0 Å². The number of aryl methyl sites for hydroxylation is 1. The van der Waals surface area contributed by atoms with Crippen molar-refractivity contribution < 1.29 is 14.1 Å². The number of likely N-dealkylation sites (tertiary alicyclic amines) is 1. The number of nitrogens with one attached hydrogen (secondary N) is 1. The van der Waals surface area contributed by atoms with Crippen molar-refractivity contribution in [2.24, 2.45) is 0 Å².